The molecule has 162 valence electrons. The quantitative estimate of drug-likeness (QED) is 0.356. The SMILES string of the molecule is C(=CC(Cc1ccccc1)c1nnn[nH]1)c1ccc(OCc2ccc3ccccc3n2)cc1. The molecular formula is C27H23N5O. The lowest BCUT2D eigenvalue weighted by molar-refractivity contribution is 0.302. The van der Waals surface area contributed by atoms with Crippen LogP contribution in [0.3, 0.4) is 0 Å². The molecule has 3 aromatic carbocycles. The molecule has 1 unspecified atom stereocenters. The van der Waals surface area contributed by atoms with Crippen molar-refractivity contribution in [2.45, 2.75) is 18.9 Å². The van der Waals surface area contributed by atoms with Gasteiger partial charge in [0.05, 0.1) is 11.2 Å². The summed E-state index contributed by atoms with van der Waals surface area (Å²) < 4.78 is 5.94. The fraction of sp³-hybridized carbons (Fsp3) is 0.111. The number of aromatic nitrogens is 5. The number of hydrogen-bond donors (Lipinski definition) is 1. The number of hydrogen-bond acceptors (Lipinski definition) is 5. The van der Waals surface area contributed by atoms with E-state index in [4.69, 9.17) is 4.74 Å². The van der Waals surface area contributed by atoms with Gasteiger partial charge in [-0.1, -0.05) is 78.9 Å². The van der Waals surface area contributed by atoms with Gasteiger partial charge in [-0.05, 0) is 52.2 Å². The molecule has 2 aromatic heterocycles. The summed E-state index contributed by atoms with van der Waals surface area (Å²) >= 11 is 0. The Hall–Kier alpha value is -4.32. The van der Waals surface area contributed by atoms with Crippen LogP contribution in [-0.2, 0) is 13.0 Å². The molecular weight excluding hydrogens is 410 g/mol. The van der Waals surface area contributed by atoms with Gasteiger partial charge in [0.15, 0.2) is 5.82 Å². The van der Waals surface area contributed by atoms with Gasteiger partial charge in [0.25, 0.3) is 0 Å². The van der Waals surface area contributed by atoms with E-state index in [9.17, 15) is 0 Å². The van der Waals surface area contributed by atoms with Crippen LogP contribution in [-0.4, -0.2) is 25.6 Å². The normalized spacial score (nSPS) is 12.2. The third kappa shape index (κ3) is 5.30. The predicted octanol–water partition coefficient (Wildman–Crippen LogP) is 5.37. The van der Waals surface area contributed by atoms with Crippen molar-refractivity contribution in [3.63, 3.8) is 0 Å². The molecule has 0 amide bonds. The van der Waals surface area contributed by atoms with Crippen LogP contribution in [0.2, 0.25) is 0 Å². The zero-order valence-electron chi connectivity index (χ0n) is 18.0. The number of allylic oxidation sites excluding steroid dienone is 1. The smallest absolute Gasteiger partial charge is 0.155 e. The Morgan fingerprint density at radius 2 is 1.67 bits per heavy atom. The van der Waals surface area contributed by atoms with Crippen LogP contribution in [0.5, 0.6) is 5.75 Å². The first-order chi connectivity index (χ1) is 16.3. The van der Waals surface area contributed by atoms with Crippen LogP contribution in [0.4, 0.5) is 0 Å². The van der Waals surface area contributed by atoms with Crippen LogP contribution in [0.1, 0.15) is 28.6 Å². The maximum atomic E-state index is 5.94. The van der Waals surface area contributed by atoms with E-state index in [-0.39, 0.29) is 5.92 Å². The van der Waals surface area contributed by atoms with Crippen molar-refractivity contribution in [2.75, 3.05) is 0 Å². The number of aromatic amines is 1. The summed E-state index contributed by atoms with van der Waals surface area (Å²) in [5, 5.41) is 15.6. The Morgan fingerprint density at radius 3 is 2.48 bits per heavy atom. The fourth-order valence-corrected chi connectivity index (χ4v) is 3.70. The maximum Gasteiger partial charge on any atom is 0.155 e. The van der Waals surface area contributed by atoms with Crippen molar-refractivity contribution in [1.29, 1.82) is 0 Å². The number of ether oxygens (including phenoxy) is 1. The summed E-state index contributed by atoms with van der Waals surface area (Å²) in [6, 6.07) is 30.5. The Bertz CT molecular complexity index is 1330. The zero-order chi connectivity index (χ0) is 22.3. The Balaban J connectivity index is 1.24. The number of nitrogens with zero attached hydrogens (tertiary/aromatic N) is 4. The molecule has 0 saturated heterocycles. The van der Waals surface area contributed by atoms with Crippen LogP contribution in [0.15, 0.2) is 97.1 Å². The lowest BCUT2D eigenvalue weighted by atomic mass is 9.97. The third-order valence-electron chi connectivity index (χ3n) is 5.46. The van der Waals surface area contributed by atoms with E-state index in [2.05, 4.69) is 62.0 Å². The number of nitrogens with one attached hydrogen (secondary N) is 1. The van der Waals surface area contributed by atoms with Crippen LogP contribution in [0.25, 0.3) is 17.0 Å². The van der Waals surface area contributed by atoms with Gasteiger partial charge in [0.2, 0.25) is 0 Å². The second-order valence-electron chi connectivity index (χ2n) is 7.79. The standard InChI is InChI=1S/C27H23N5O/c1-2-6-21(7-3-1)18-23(27-29-31-32-30-27)13-10-20-11-16-25(17-12-20)33-19-24-15-14-22-8-4-5-9-26(22)28-24/h1-17,23H,18-19H2,(H,29,30,31,32). The first-order valence-corrected chi connectivity index (χ1v) is 10.9. The first-order valence-electron chi connectivity index (χ1n) is 10.9. The minimum atomic E-state index is 0.0531. The molecule has 1 atom stereocenters. The van der Waals surface area contributed by atoms with Gasteiger partial charge < -0.3 is 4.74 Å². The molecule has 0 saturated carbocycles. The summed E-state index contributed by atoms with van der Waals surface area (Å²) in [5.74, 6) is 1.61. The molecule has 0 fully saturated rings. The molecule has 33 heavy (non-hydrogen) atoms. The number of pyridine rings is 1. The average molecular weight is 434 g/mol. The lowest BCUT2D eigenvalue weighted by Gasteiger charge is -2.09. The van der Waals surface area contributed by atoms with Crippen molar-refractivity contribution in [3.05, 3.63) is 120 Å². The molecule has 0 aliphatic heterocycles. The highest BCUT2D eigenvalue weighted by molar-refractivity contribution is 5.78. The Kier molecular flexibility index (Phi) is 6.15. The Morgan fingerprint density at radius 1 is 0.848 bits per heavy atom. The van der Waals surface area contributed by atoms with Crippen molar-refractivity contribution < 1.29 is 4.74 Å². The summed E-state index contributed by atoms with van der Waals surface area (Å²) in [6.07, 6.45) is 5.03. The monoisotopic (exact) mass is 433 g/mol. The molecule has 0 spiro atoms. The fourth-order valence-electron chi connectivity index (χ4n) is 3.70. The Labute approximate surface area is 192 Å². The van der Waals surface area contributed by atoms with E-state index in [1.54, 1.807) is 0 Å². The van der Waals surface area contributed by atoms with Gasteiger partial charge in [-0.3, -0.25) is 0 Å². The van der Waals surface area contributed by atoms with E-state index in [1.165, 1.54) is 5.56 Å². The highest BCUT2D eigenvalue weighted by Crippen LogP contribution is 2.21. The van der Waals surface area contributed by atoms with Gasteiger partial charge in [0, 0.05) is 11.3 Å². The minimum absolute atomic E-state index is 0.0531. The lowest BCUT2D eigenvalue weighted by Crippen LogP contribution is -2.02. The van der Waals surface area contributed by atoms with Crippen molar-refractivity contribution in [2.24, 2.45) is 0 Å². The predicted molar refractivity (Wildman–Crippen MR) is 129 cm³/mol. The van der Waals surface area contributed by atoms with Gasteiger partial charge in [0.1, 0.15) is 12.4 Å². The van der Waals surface area contributed by atoms with E-state index in [0.717, 1.165) is 40.2 Å². The van der Waals surface area contributed by atoms with Gasteiger partial charge in [-0.15, -0.1) is 5.10 Å². The molecule has 1 N–H and O–H groups in total. The van der Waals surface area contributed by atoms with E-state index < -0.39 is 0 Å². The molecule has 0 bridgehead atoms. The van der Waals surface area contributed by atoms with Crippen molar-refractivity contribution in [3.8, 4) is 5.75 Å². The molecule has 5 aromatic rings. The van der Waals surface area contributed by atoms with Crippen molar-refractivity contribution >= 4 is 17.0 Å². The molecule has 0 radical (unpaired) electrons. The minimum Gasteiger partial charge on any atom is -0.487 e. The van der Waals surface area contributed by atoms with Crippen LogP contribution < -0.4 is 4.74 Å². The zero-order valence-corrected chi connectivity index (χ0v) is 18.0. The summed E-state index contributed by atoms with van der Waals surface area (Å²) in [5.41, 5.74) is 4.19. The number of para-hydroxylation sites is 1. The average Bonchev–Trinajstić information content (AvgIpc) is 3.41. The van der Waals surface area contributed by atoms with E-state index in [1.807, 2.05) is 66.7 Å². The van der Waals surface area contributed by atoms with E-state index >= 15 is 0 Å². The highest BCUT2D eigenvalue weighted by atomic mass is 16.5. The first kappa shape index (κ1) is 20.6. The summed E-state index contributed by atoms with van der Waals surface area (Å²) in [4.78, 5) is 4.66. The number of fused-ring (bicyclic) bond motifs is 1. The van der Waals surface area contributed by atoms with Crippen LogP contribution in [0, 0.1) is 0 Å². The topological polar surface area (TPSA) is 76.6 Å². The summed E-state index contributed by atoms with van der Waals surface area (Å²) in [6.45, 7) is 0.428. The largest absolute Gasteiger partial charge is 0.487 e. The second kappa shape index (κ2) is 9.87. The number of H-pyrrole nitrogens is 1. The van der Waals surface area contributed by atoms with Crippen LogP contribution >= 0.6 is 0 Å². The van der Waals surface area contributed by atoms with Gasteiger partial charge in [-0.2, -0.15) is 0 Å². The maximum absolute atomic E-state index is 5.94. The molecule has 0 aliphatic rings. The van der Waals surface area contributed by atoms with Gasteiger partial charge in [-0.25, -0.2) is 10.1 Å². The van der Waals surface area contributed by atoms with Crippen molar-refractivity contribution in [1.82, 2.24) is 25.6 Å². The second-order valence-corrected chi connectivity index (χ2v) is 7.79. The van der Waals surface area contributed by atoms with E-state index in [0.29, 0.717) is 6.61 Å². The molecule has 6 heteroatoms. The van der Waals surface area contributed by atoms with Gasteiger partial charge >= 0.3 is 0 Å². The number of rotatable bonds is 8. The third-order valence-corrected chi connectivity index (χ3v) is 5.46. The highest BCUT2D eigenvalue weighted by Gasteiger charge is 2.13. The summed E-state index contributed by atoms with van der Waals surface area (Å²) in [7, 11) is 0. The molecule has 6 nitrogen and oxygen atoms in total. The molecule has 0 aliphatic carbocycles. The number of benzene rings is 3. The number of tetrazole rings is 1. The molecule has 5 rings (SSSR count). The molecule has 2 heterocycles.